The number of halogens is 1. The lowest BCUT2D eigenvalue weighted by molar-refractivity contribution is -0.126. The van der Waals surface area contributed by atoms with Crippen molar-refractivity contribution in [3.63, 3.8) is 0 Å². The first-order valence-electron chi connectivity index (χ1n) is 12.5. The molecule has 4 rings (SSSR count). The molecule has 3 aromatic carbocycles. The summed E-state index contributed by atoms with van der Waals surface area (Å²) in [5.41, 5.74) is 3.05. The fourth-order valence-corrected chi connectivity index (χ4v) is 4.31. The van der Waals surface area contributed by atoms with Gasteiger partial charge in [0.1, 0.15) is 5.75 Å². The second-order valence-corrected chi connectivity index (χ2v) is 9.81. The average molecular weight is 518 g/mol. The molecule has 1 heterocycles. The maximum atomic E-state index is 12.7. The molecule has 3 aromatic rings. The number of hydrogen-bond acceptors (Lipinski definition) is 4. The molecule has 192 valence electrons. The lowest BCUT2D eigenvalue weighted by atomic mass is 10.2. The van der Waals surface area contributed by atoms with Gasteiger partial charge in [-0.1, -0.05) is 55.8 Å². The summed E-state index contributed by atoms with van der Waals surface area (Å²) in [6.07, 6.45) is 3.47. The van der Waals surface area contributed by atoms with Crippen LogP contribution in [0.3, 0.4) is 0 Å². The SMILES string of the molecule is CC(C)COc1ccc(C(=O)Nc2ccc(N3CCN(C(=O)/C=C/c4ccccc4)CC3)c(Cl)c2)cc1. The van der Waals surface area contributed by atoms with Crippen LogP contribution in [0.4, 0.5) is 11.4 Å². The van der Waals surface area contributed by atoms with Crippen LogP contribution in [-0.2, 0) is 4.79 Å². The summed E-state index contributed by atoms with van der Waals surface area (Å²) in [4.78, 5) is 29.3. The summed E-state index contributed by atoms with van der Waals surface area (Å²) in [5.74, 6) is 0.970. The van der Waals surface area contributed by atoms with Crippen molar-refractivity contribution in [1.29, 1.82) is 0 Å². The normalized spacial score (nSPS) is 13.7. The lowest BCUT2D eigenvalue weighted by Crippen LogP contribution is -2.48. The predicted molar refractivity (Wildman–Crippen MR) is 150 cm³/mol. The smallest absolute Gasteiger partial charge is 0.255 e. The Morgan fingerprint density at radius 3 is 2.32 bits per heavy atom. The van der Waals surface area contributed by atoms with E-state index in [-0.39, 0.29) is 11.8 Å². The van der Waals surface area contributed by atoms with E-state index >= 15 is 0 Å². The number of anilines is 2. The number of ether oxygens (including phenoxy) is 1. The number of rotatable bonds is 8. The van der Waals surface area contributed by atoms with Crippen LogP contribution in [-0.4, -0.2) is 49.5 Å². The van der Waals surface area contributed by atoms with Crippen molar-refractivity contribution < 1.29 is 14.3 Å². The number of benzene rings is 3. The highest BCUT2D eigenvalue weighted by atomic mass is 35.5. The summed E-state index contributed by atoms with van der Waals surface area (Å²) in [5, 5.41) is 3.46. The first-order chi connectivity index (χ1) is 17.9. The Labute approximate surface area is 223 Å². The second-order valence-electron chi connectivity index (χ2n) is 9.41. The van der Waals surface area contributed by atoms with Crippen molar-refractivity contribution in [2.75, 3.05) is 43.0 Å². The number of piperazine rings is 1. The van der Waals surface area contributed by atoms with Gasteiger partial charge in [0, 0.05) is 43.5 Å². The van der Waals surface area contributed by atoms with Crippen LogP contribution in [0.1, 0.15) is 29.8 Å². The van der Waals surface area contributed by atoms with Crippen molar-refractivity contribution in [1.82, 2.24) is 4.90 Å². The van der Waals surface area contributed by atoms with Crippen molar-refractivity contribution in [2.45, 2.75) is 13.8 Å². The fraction of sp³-hybridized carbons (Fsp3) is 0.267. The van der Waals surface area contributed by atoms with Gasteiger partial charge in [-0.05, 0) is 60.0 Å². The summed E-state index contributed by atoms with van der Waals surface area (Å²) < 4.78 is 5.68. The van der Waals surface area contributed by atoms with Crippen molar-refractivity contribution in [3.8, 4) is 5.75 Å². The van der Waals surface area contributed by atoms with Gasteiger partial charge in [0.15, 0.2) is 0 Å². The minimum absolute atomic E-state index is 0.00665. The Morgan fingerprint density at radius 2 is 1.68 bits per heavy atom. The van der Waals surface area contributed by atoms with E-state index in [1.54, 1.807) is 36.4 Å². The van der Waals surface area contributed by atoms with E-state index in [0.717, 1.165) is 17.0 Å². The van der Waals surface area contributed by atoms with Crippen LogP contribution >= 0.6 is 11.6 Å². The largest absolute Gasteiger partial charge is 0.493 e. The Balaban J connectivity index is 1.30. The maximum Gasteiger partial charge on any atom is 0.255 e. The molecule has 1 saturated heterocycles. The number of carbonyl (C=O) groups is 2. The zero-order valence-corrected chi connectivity index (χ0v) is 21.9. The van der Waals surface area contributed by atoms with Gasteiger partial charge in [0.25, 0.3) is 5.91 Å². The maximum absolute atomic E-state index is 12.7. The van der Waals surface area contributed by atoms with E-state index in [4.69, 9.17) is 16.3 Å². The average Bonchev–Trinajstić information content (AvgIpc) is 2.91. The highest BCUT2D eigenvalue weighted by molar-refractivity contribution is 6.33. The lowest BCUT2D eigenvalue weighted by Gasteiger charge is -2.36. The molecule has 0 aromatic heterocycles. The highest BCUT2D eigenvalue weighted by Gasteiger charge is 2.21. The molecule has 1 aliphatic rings. The van der Waals surface area contributed by atoms with E-state index in [0.29, 0.717) is 55.0 Å². The van der Waals surface area contributed by atoms with E-state index in [9.17, 15) is 9.59 Å². The molecule has 37 heavy (non-hydrogen) atoms. The van der Waals surface area contributed by atoms with Gasteiger partial charge in [0.2, 0.25) is 5.91 Å². The van der Waals surface area contributed by atoms with Crippen LogP contribution in [0.15, 0.2) is 78.9 Å². The number of amides is 2. The molecule has 0 saturated carbocycles. The van der Waals surface area contributed by atoms with E-state index in [1.807, 2.05) is 53.4 Å². The standard InChI is InChI=1S/C30H32ClN3O3/c1-22(2)21-37-26-12-9-24(10-13-26)30(36)32-25-11-14-28(27(31)20-25)33-16-18-34(19-17-33)29(35)15-8-23-6-4-3-5-7-23/h3-15,20,22H,16-19,21H2,1-2H3,(H,32,36)/b15-8+. The van der Waals surface area contributed by atoms with Crippen molar-refractivity contribution in [3.05, 3.63) is 95.0 Å². The zero-order chi connectivity index (χ0) is 26.2. The summed E-state index contributed by atoms with van der Waals surface area (Å²) in [6.45, 7) is 7.40. The first-order valence-corrected chi connectivity index (χ1v) is 12.9. The predicted octanol–water partition coefficient (Wildman–Crippen LogP) is 5.99. The molecule has 6 nitrogen and oxygen atoms in total. The molecule has 2 amide bonds. The summed E-state index contributed by atoms with van der Waals surface area (Å²) in [6, 6.07) is 22.4. The first kappa shape index (κ1) is 26.3. The third kappa shape index (κ3) is 7.37. The molecule has 0 aliphatic carbocycles. The number of carbonyl (C=O) groups excluding carboxylic acids is 2. The van der Waals surface area contributed by atoms with Crippen molar-refractivity contribution in [2.24, 2.45) is 5.92 Å². The summed E-state index contributed by atoms with van der Waals surface area (Å²) in [7, 11) is 0. The van der Waals surface area contributed by atoms with Crippen LogP contribution < -0.4 is 15.0 Å². The Hall–Kier alpha value is -3.77. The van der Waals surface area contributed by atoms with E-state index in [1.165, 1.54) is 0 Å². The topological polar surface area (TPSA) is 61.9 Å². The molecule has 0 radical (unpaired) electrons. The Bertz CT molecular complexity index is 1230. The number of nitrogens with zero attached hydrogens (tertiary/aromatic N) is 2. The van der Waals surface area contributed by atoms with Gasteiger partial charge < -0.3 is 19.9 Å². The highest BCUT2D eigenvalue weighted by Crippen LogP contribution is 2.30. The fourth-order valence-electron chi connectivity index (χ4n) is 4.01. The van der Waals surface area contributed by atoms with E-state index < -0.39 is 0 Å². The van der Waals surface area contributed by atoms with Crippen LogP contribution in [0.25, 0.3) is 6.08 Å². The van der Waals surface area contributed by atoms with E-state index in [2.05, 4.69) is 24.1 Å². The summed E-state index contributed by atoms with van der Waals surface area (Å²) >= 11 is 6.59. The molecule has 0 spiro atoms. The number of nitrogens with one attached hydrogen (secondary N) is 1. The molecular formula is C30H32ClN3O3. The molecule has 0 atom stereocenters. The minimum atomic E-state index is -0.213. The Morgan fingerprint density at radius 1 is 0.973 bits per heavy atom. The molecule has 1 aliphatic heterocycles. The minimum Gasteiger partial charge on any atom is -0.493 e. The molecular weight excluding hydrogens is 486 g/mol. The van der Waals surface area contributed by atoms with Gasteiger partial charge >= 0.3 is 0 Å². The molecule has 7 heteroatoms. The zero-order valence-electron chi connectivity index (χ0n) is 21.2. The molecule has 1 fully saturated rings. The van der Waals surface area contributed by atoms with Crippen LogP contribution in [0, 0.1) is 5.92 Å². The van der Waals surface area contributed by atoms with Crippen molar-refractivity contribution >= 4 is 40.9 Å². The van der Waals surface area contributed by atoms with Gasteiger partial charge in [-0.3, -0.25) is 9.59 Å². The molecule has 1 N–H and O–H groups in total. The van der Waals surface area contributed by atoms with Crippen LogP contribution in [0.2, 0.25) is 5.02 Å². The molecule has 0 bridgehead atoms. The molecule has 0 unspecified atom stereocenters. The van der Waals surface area contributed by atoms with Crippen LogP contribution in [0.5, 0.6) is 5.75 Å². The van der Waals surface area contributed by atoms with Gasteiger partial charge in [-0.2, -0.15) is 0 Å². The van der Waals surface area contributed by atoms with Gasteiger partial charge in [-0.15, -0.1) is 0 Å². The third-order valence-corrected chi connectivity index (χ3v) is 6.36. The Kier molecular flexibility index (Phi) is 8.86. The van der Waals surface area contributed by atoms with Gasteiger partial charge in [0.05, 0.1) is 17.3 Å². The second kappa shape index (κ2) is 12.5. The monoisotopic (exact) mass is 517 g/mol. The quantitative estimate of drug-likeness (QED) is 0.373. The van der Waals surface area contributed by atoms with Gasteiger partial charge in [-0.25, -0.2) is 0 Å². The third-order valence-electron chi connectivity index (χ3n) is 6.06. The number of hydrogen-bond donors (Lipinski definition) is 1.